The van der Waals surface area contributed by atoms with E-state index < -0.39 is 0 Å². The first-order valence-electron chi connectivity index (χ1n) is 7.01. The molecule has 0 fully saturated rings. The van der Waals surface area contributed by atoms with Crippen molar-refractivity contribution in [3.05, 3.63) is 80.5 Å². The molecule has 0 bridgehead atoms. The predicted octanol–water partition coefficient (Wildman–Crippen LogP) is 4.15. The van der Waals surface area contributed by atoms with Crippen LogP contribution in [0.5, 0.6) is 0 Å². The highest BCUT2D eigenvalue weighted by Gasteiger charge is 2.53. The number of halogens is 1. The summed E-state index contributed by atoms with van der Waals surface area (Å²) in [5, 5.41) is 22.1. The van der Waals surface area contributed by atoms with Gasteiger partial charge in [-0.1, -0.05) is 53.1 Å². The average molecular weight is 344 g/mol. The lowest BCUT2D eigenvalue weighted by molar-refractivity contribution is -1.29. The predicted molar refractivity (Wildman–Crippen MR) is 91.4 cm³/mol. The Bertz CT molecular complexity index is 894. The standard InChI is InChI=1S/C16H11ClN4OS/c17-14-8-4-7-12-13(14)9-20(22)21(15(12)16(23)18-19-21)10-11-5-2-1-3-6-11/h1-9H,10H2/p+1. The molecule has 0 aromatic heterocycles. The van der Waals surface area contributed by atoms with E-state index in [-0.39, 0.29) is 4.70 Å². The summed E-state index contributed by atoms with van der Waals surface area (Å²) in [6, 6.07) is 15.2. The van der Waals surface area contributed by atoms with Gasteiger partial charge in [-0.2, -0.15) is 0 Å². The van der Waals surface area contributed by atoms with Crippen molar-refractivity contribution in [3.63, 3.8) is 0 Å². The number of thiol groups is 1. The molecule has 23 heavy (non-hydrogen) atoms. The first kappa shape index (κ1) is 14.4. The smallest absolute Gasteiger partial charge is 0.264 e. The third-order valence-corrected chi connectivity index (χ3v) is 4.61. The van der Waals surface area contributed by atoms with E-state index in [1.54, 1.807) is 6.07 Å². The Morgan fingerprint density at radius 1 is 1.13 bits per heavy atom. The topological polar surface area (TPSA) is 50.8 Å². The fourth-order valence-corrected chi connectivity index (χ4v) is 3.46. The molecule has 0 aliphatic carbocycles. The van der Waals surface area contributed by atoms with Gasteiger partial charge in [0.2, 0.25) is 0 Å². The highest BCUT2D eigenvalue weighted by Crippen LogP contribution is 2.44. The summed E-state index contributed by atoms with van der Waals surface area (Å²) in [6.07, 6.45) is 1.47. The number of quaternary nitrogens is 1. The van der Waals surface area contributed by atoms with Crippen molar-refractivity contribution in [1.29, 1.82) is 0 Å². The number of hydrogen-bond donors (Lipinski definition) is 1. The molecular formula is C16H12ClN4OS+. The lowest BCUT2D eigenvalue weighted by atomic mass is 10.0. The van der Waals surface area contributed by atoms with Crippen molar-refractivity contribution in [2.24, 2.45) is 10.3 Å². The van der Waals surface area contributed by atoms with Crippen LogP contribution in [0.2, 0.25) is 5.02 Å². The third kappa shape index (κ3) is 2.10. The molecule has 0 N–H and O–H groups in total. The zero-order valence-electron chi connectivity index (χ0n) is 11.9. The van der Waals surface area contributed by atoms with Crippen LogP contribution in [0.15, 0.2) is 63.9 Å². The molecule has 2 aromatic rings. The van der Waals surface area contributed by atoms with Gasteiger partial charge in [-0.25, -0.2) is 0 Å². The number of rotatable bonds is 2. The Kier molecular flexibility index (Phi) is 3.26. The second kappa shape index (κ2) is 5.19. The summed E-state index contributed by atoms with van der Waals surface area (Å²) in [5.74, 6) is 0. The summed E-state index contributed by atoms with van der Waals surface area (Å²) in [6.45, 7) is 0.357. The van der Waals surface area contributed by atoms with Gasteiger partial charge in [-0.05, 0) is 12.1 Å². The van der Waals surface area contributed by atoms with Crippen LogP contribution in [0.25, 0.3) is 5.70 Å². The highest BCUT2D eigenvalue weighted by atomic mass is 35.5. The normalized spacial score (nSPS) is 21.9. The van der Waals surface area contributed by atoms with E-state index in [0.717, 1.165) is 16.0 Å². The molecule has 0 amide bonds. The van der Waals surface area contributed by atoms with E-state index in [4.69, 9.17) is 11.6 Å². The zero-order chi connectivity index (χ0) is 16.0. The maximum absolute atomic E-state index is 12.8. The summed E-state index contributed by atoms with van der Waals surface area (Å²) >= 11 is 10.7. The minimum Gasteiger partial charge on any atom is -0.568 e. The molecule has 2 aliphatic rings. The first-order chi connectivity index (χ1) is 11.1. The lowest BCUT2D eigenvalue weighted by Crippen LogP contribution is -2.48. The van der Waals surface area contributed by atoms with Gasteiger partial charge < -0.3 is 5.21 Å². The zero-order valence-corrected chi connectivity index (χ0v) is 13.6. The van der Waals surface area contributed by atoms with Gasteiger partial charge in [0, 0.05) is 10.4 Å². The SMILES string of the molecule is [O-][N+]1=Cc2c(Cl)cccc2C2=C(S)N=N[N+]21Cc1ccccc1. The van der Waals surface area contributed by atoms with Crippen LogP contribution in [0.3, 0.4) is 0 Å². The minimum atomic E-state index is -0.309. The van der Waals surface area contributed by atoms with Gasteiger partial charge in [0.25, 0.3) is 11.9 Å². The molecule has 5 nitrogen and oxygen atoms in total. The van der Waals surface area contributed by atoms with Crippen molar-refractivity contribution < 1.29 is 9.55 Å². The molecule has 7 heteroatoms. The van der Waals surface area contributed by atoms with Crippen LogP contribution in [0, 0.1) is 5.21 Å². The Morgan fingerprint density at radius 3 is 2.70 bits per heavy atom. The fourth-order valence-electron chi connectivity index (χ4n) is 2.92. The molecule has 0 saturated carbocycles. The van der Waals surface area contributed by atoms with E-state index in [2.05, 4.69) is 23.0 Å². The summed E-state index contributed by atoms with van der Waals surface area (Å²) in [4.78, 5) is 0.781. The van der Waals surface area contributed by atoms with Crippen LogP contribution in [-0.2, 0) is 6.54 Å². The van der Waals surface area contributed by atoms with Crippen molar-refractivity contribution in [3.8, 4) is 0 Å². The largest absolute Gasteiger partial charge is 0.568 e. The lowest BCUT2D eigenvalue weighted by Gasteiger charge is -2.28. The molecule has 4 rings (SSSR count). The van der Waals surface area contributed by atoms with Gasteiger partial charge in [0.1, 0.15) is 5.22 Å². The van der Waals surface area contributed by atoms with Gasteiger partial charge in [-0.15, -0.1) is 12.6 Å². The van der Waals surface area contributed by atoms with Crippen LogP contribution in [0.4, 0.5) is 0 Å². The molecule has 0 radical (unpaired) electrons. The van der Waals surface area contributed by atoms with E-state index >= 15 is 0 Å². The van der Waals surface area contributed by atoms with E-state index in [0.29, 0.717) is 27.9 Å². The molecule has 1 unspecified atom stereocenters. The number of hydrogen-bond acceptors (Lipinski definition) is 4. The number of benzene rings is 2. The molecule has 0 saturated heterocycles. The molecule has 0 spiro atoms. The van der Waals surface area contributed by atoms with E-state index in [1.165, 1.54) is 6.21 Å². The van der Waals surface area contributed by atoms with Gasteiger partial charge in [0.05, 0.1) is 20.9 Å². The molecule has 2 heterocycles. The number of fused-ring (bicyclic) bond motifs is 3. The van der Waals surface area contributed by atoms with Crippen molar-refractivity contribution in [2.45, 2.75) is 6.54 Å². The quantitative estimate of drug-likeness (QED) is 0.378. The summed E-state index contributed by atoms with van der Waals surface area (Å²) in [7, 11) is 0. The summed E-state index contributed by atoms with van der Waals surface area (Å²) < 4.78 is -0.309. The number of nitrogens with zero attached hydrogens (tertiary/aromatic N) is 4. The van der Waals surface area contributed by atoms with Crippen LogP contribution >= 0.6 is 24.2 Å². The van der Waals surface area contributed by atoms with Gasteiger partial charge in [0.15, 0.2) is 11.6 Å². The second-order valence-electron chi connectivity index (χ2n) is 5.37. The minimum absolute atomic E-state index is 0.309. The highest BCUT2D eigenvalue weighted by molar-refractivity contribution is 7.84. The molecule has 2 aliphatic heterocycles. The van der Waals surface area contributed by atoms with Gasteiger partial charge >= 0.3 is 0 Å². The molecule has 2 aromatic carbocycles. The molecule has 114 valence electrons. The fraction of sp³-hybridized carbons (Fsp3) is 0.0625. The van der Waals surface area contributed by atoms with Crippen molar-refractivity contribution >= 4 is 36.1 Å². The monoisotopic (exact) mass is 343 g/mol. The Balaban J connectivity index is 1.93. The van der Waals surface area contributed by atoms with Crippen molar-refractivity contribution in [2.75, 3.05) is 0 Å². The summed E-state index contributed by atoms with van der Waals surface area (Å²) in [5.41, 5.74) is 3.12. The Labute approximate surface area is 143 Å². The van der Waals surface area contributed by atoms with E-state index in [9.17, 15) is 5.21 Å². The molecule has 1 atom stereocenters. The van der Waals surface area contributed by atoms with Crippen LogP contribution in [-0.4, -0.2) is 15.8 Å². The van der Waals surface area contributed by atoms with Gasteiger partial charge in [-0.3, -0.25) is 0 Å². The Hall–Kier alpha value is -2.15. The molecular weight excluding hydrogens is 332 g/mol. The van der Waals surface area contributed by atoms with Crippen LogP contribution in [0.1, 0.15) is 16.7 Å². The average Bonchev–Trinajstić information content (AvgIpc) is 2.89. The third-order valence-electron chi connectivity index (χ3n) is 3.98. The maximum Gasteiger partial charge on any atom is 0.264 e. The maximum atomic E-state index is 12.8. The van der Waals surface area contributed by atoms with E-state index in [1.807, 2.05) is 42.5 Å². The van der Waals surface area contributed by atoms with Crippen LogP contribution < -0.4 is 0 Å². The Morgan fingerprint density at radius 2 is 1.91 bits per heavy atom. The second-order valence-corrected chi connectivity index (χ2v) is 6.20. The first-order valence-corrected chi connectivity index (χ1v) is 7.84. The van der Waals surface area contributed by atoms with Crippen molar-refractivity contribution in [1.82, 2.24) is 0 Å².